The monoisotopic (exact) mass is 346 g/mol. The topological polar surface area (TPSA) is 93.1 Å². The minimum absolute atomic E-state index is 0.0924. The number of carbonyl (C=O) groups excluding carboxylic acids is 2. The summed E-state index contributed by atoms with van der Waals surface area (Å²) in [6, 6.07) is 0. The zero-order valence-corrected chi connectivity index (χ0v) is 14.3. The Kier molecular flexibility index (Phi) is 2.94. The summed E-state index contributed by atoms with van der Waals surface area (Å²) >= 11 is 0. The van der Waals surface area contributed by atoms with Crippen LogP contribution in [0.5, 0.6) is 0 Å². The van der Waals surface area contributed by atoms with Crippen molar-refractivity contribution in [3.05, 3.63) is 22.7 Å². The number of carbonyl (C=O) groups is 2. The molecule has 0 heterocycles. The molecule has 0 saturated heterocycles. The zero-order chi connectivity index (χ0) is 17.6. The van der Waals surface area contributed by atoms with Crippen molar-refractivity contribution in [1.29, 1.82) is 0 Å². The zero-order valence-electron chi connectivity index (χ0n) is 14.3. The second kappa shape index (κ2) is 4.80. The first-order chi connectivity index (χ1) is 12.0. The van der Waals surface area contributed by atoms with Gasteiger partial charge in [-0.3, -0.25) is 0 Å². The van der Waals surface area contributed by atoms with Crippen molar-refractivity contribution < 1.29 is 29.3 Å². The van der Waals surface area contributed by atoms with Crippen molar-refractivity contribution in [3.8, 4) is 0 Å². The van der Waals surface area contributed by atoms with Gasteiger partial charge in [-0.25, -0.2) is 9.59 Å². The Morgan fingerprint density at radius 3 is 1.60 bits per heavy atom. The van der Waals surface area contributed by atoms with Crippen molar-refractivity contribution in [2.45, 2.75) is 20.3 Å². The normalized spacial score (nSPS) is 44.9. The van der Waals surface area contributed by atoms with Crippen molar-refractivity contribution in [3.63, 3.8) is 0 Å². The molecule has 6 nitrogen and oxygen atoms in total. The molecule has 2 bridgehead atoms. The summed E-state index contributed by atoms with van der Waals surface area (Å²) in [6.07, 6.45) is 0.956. The van der Waals surface area contributed by atoms with E-state index in [0.717, 1.165) is 6.42 Å². The molecule has 3 fully saturated rings. The van der Waals surface area contributed by atoms with Crippen LogP contribution in [0.1, 0.15) is 20.3 Å². The van der Waals surface area contributed by atoms with Gasteiger partial charge < -0.3 is 19.7 Å². The van der Waals surface area contributed by atoms with Gasteiger partial charge in [0.1, 0.15) is 11.5 Å². The molecule has 5 rings (SSSR count). The summed E-state index contributed by atoms with van der Waals surface area (Å²) in [5, 5.41) is 21.7. The Balaban J connectivity index is 1.66. The van der Waals surface area contributed by atoms with Gasteiger partial charge in [0.05, 0.1) is 24.4 Å². The standard InChI is InChI=1S/C19H22O6/c1-3-24-18(22)14-12-8-6-5-7-9(8)13(12)15(19(23)25-4-2)17(21)11(7)10(6)16(14)20/h6-13,20-21H,3-5H2,1-2H3/t6-,7+,8-,9+,10-,11-,12+,13-/m0/s1. The molecule has 5 aliphatic rings. The molecule has 0 aromatic rings. The van der Waals surface area contributed by atoms with Crippen molar-refractivity contribution in [1.82, 2.24) is 0 Å². The summed E-state index contributed by atoms with van der Waals surface area (Å²) in [5.74, 6) is -0.582. The summed E-state index contributed by atoms with van der Waals surface area (Å²) in [4.78, 5) is 25.0. The fraction of sp³-hybridized carbons (Fsp3) is 0.684. The van der Waals surface area contributed by atoms with E-state index < -0.39 is 11.9 Å². The third-order valence-corrected chi connectivity index (χ3v) is 7.34. The SMILES string of the molecule is CCOC(=O)C1=C(O)[C@H]2[C@@H]3C[C@@H]4[C@@H]2C(O)=C(C(=O)OCC)[C@H]2[C@@H]1[C@H]3[C@H]42. The highest BCUT2D eigenvalue weighted by atomic mass is 16.5. The highest BCUT2D eigenvalue weighted by Gasteiger charge is 2.77. The van der Waals surface area contributed by atoms with Crippen LogP contribution in [0.3, 0.4) is 0 Å². The van der Waals surface area contributed by atoms with E-state index in [0.29, 0.717) is 34.8 Å². The van der Waals surface area contributed by atoms with Gasteiger partial charge in [0.2, 0.25) is 0 Å². The maximum atomic E-state index is 12.5. The molecule has 134 valence electrons. The summed E-state index contributed by atoms with van der Waals surface area (Å²) in [5.41, 5.74) is 0.683. The summed E-state index contributed by atoms with van der Waals surface area (Å²) in [6.45, 7) is 3.96. The van der Waals surface area contributed by atoms with E-state index in [1.807, 2.05) is 0 Å². The lowest BCUT2D eigenvalue weighted by Gasteiger charge is -2.63. The minimum Gasteiger partial charge on any atom is -0.511 e. The smallest absolute Gasteiger partial charge is 0.337 e. The van der Waals surface area contributed by atoms with Crippen molar-refractivity contribution in [2.75, 3.05) is 13.2 Å². The first-order valence-corrected chi connectivity index (χ1v) is 9.23. The van der Waals surface area contributed by atoms with Crippen molar-refractivity contribution >= 4 is 11.9 Å². The molecule has 8 atom stereocenters. The molecule has 2 N–H and O–H groups in total. The molecule has 0 spiro atoms. The minimum atomic E-state index is -0.481. The van der Waals surface area contributed by atoms with Gasteiger partial charge in [0.15, 0.2) is 0 Å². The van der Waals surface area contributed by atoms with Crippen LogP contribution in [0.4, 0.5) is 0 Å². The fourth-order valence-electron chi connectivity index (χ4n) is 6.94. The van der Waals surface area contributed by atoms with Gasteiger partial charge in [0, 0.05) is 23.7 Å². The number of hydrogen-bond donors (Lipinski definition) is 2. The molecule has 0 aromatic heterocycles. The Bertz CT molecular complexity index is 687. The molecule has 0 aliphatic heterocycles. The molecule has 3 saturated carbocycles. The molecular formula is C19H22O6. The number of aliphatic hydroxyl groups is 2. The predicted octanol–water partition coefficient (Wildman–Crippen LogP) is 2.12. The number of ether oxygens (including phenoxy) is 2. The Morgan fingerprint density at radius 2 is 1.24 bits per heavy atom. The number of fused-ring (bicyclic) bond motifs is 2. The number of rotatable bonds is 4. The average Bonchev–Trinajstić information content (AvgIpc) is 3.09. The Morgan fingerprint density at radius 1 is 0.840 bits per heavy atom. The quantitative estimate of drug-likeness (QED) is 0.758. The van der Waals surface area contributed by atoms with E-state index in [-0.39, 0.29) is 48.4 Å². The number of esters is 2. The van der Waals surface area contributed by atoms with Crippen LogP contribution in [0.2, 0.25) is 0 Å². The van der Waals surface area contributed by atoms with Gasteiger partial charge in [0.25, 0.3) is 0 Å². The van der Waals surface area contributed by atoms with Gasteiger partial charge in [-0.05, 0) is 43.9 Å². The molecule has 0 amide bonds. The van der Waals surface area contributed by atoms with Gasteiger partial charge in [-0.1, -0.05) is 0 Å². The maximum Gasteiger partial charge on any atom is 0.337 e. The Hall–Kier alpha value is -1.98. The van der Waals surface area contributed by atoms with E-state index in [4.69, 9.17) is 9.47 Å². The maximum absolute atomic E-state index is 12.5. The van der Waals surface area contributed by atoms with E-state index in [2.05, 4.69) is 0 Å². The van der Waals surface area contributed by atoms with E-state index in [1.165, 1.54) is 0 Å². The summed E-state index contributed by atoms with van der Waals surface area (Å²) < 4.78 is 10.4. The summed E-state index contributed by atoms with van der Waals surface area (Å²) in [7, 11) is 0. The number of hydrogen-bond acceptors (Lipinski definition) is 6. The largest absolute Gasteiger partial charge is 0.511 e. The molecule has 0 unspecified atom stereocenters. The van der Waals surface area contributed by atoms with Crippen molar-refractivity contribution in [2.24, 2.45) is 47.3 Å². The molecule has 0 radical (unpaired) electrons. The van der Waals surface area contributed by atoms with Crippen LogP contribution in [-0.2, 0) is 19.1 Å². The predicted molar refractivity (Wildman–Crippen MR) is 85.1 cm³/mol. The van der Waals surface area contributed by atoms with E-state index in [1.54, 1.807) is 13.8 Å². The second-order valence-corrected chi connectivity index (χ2v) is 7.86. The molecule has 0 aromatic carbocycles. The lowest BCUT2D eigenvalue weighted by Crippen LogP contribution is -2.63. The lowest BCUT2D eigenvalue weighted by atomic mass is 9.40. The van der Waals surface area contributed by atoms with E-state index in [9.17, 15) is 19.8 Å². The van der Waals surface area contributed by atoms with E-state index >= 15 is 0 Å². The fourth-order valence-corrected chi connectivity index (χ4v) is 6.94. The lowest BCUT2D eigenvalue weighted by molar-refractivity contribution is -0.155. The first-order valence-electron chi connectivity index (χ1n) is 9.23. The van der Waals surface area contributed by atoms with Gasteiger partial charge >= 0.3 is 11.9 Å². The molecule has 25 heavy (non-hydrogen) atoms. The molecular weight excluding hydrogens is 324 g/mol. The van der Waals surface area contributed by atoms with Gasteiger partial charge in [-0.2, -0.15) is 0 Å². The van der Waals surface area contributed by atoms with Crippen LogP contribution in [0, 0.1) is 47.3 Å². The Labute approximate surface area is 145 Å². The van der Waals surface area contributed by atoms with Crippen LogP contribution in [0.25, 0.3) is 0 Å². The third-order valence-electron chi connectivity index (χ3n) is 7.34. The van der Waals surface area contributed by atoms with Crippen LogP contribution in [-0.4, -0.2) is 35.4 Å². The first kappa shape index (κ1) is 15.3. The molecule has 6 heteroatoms. The van der Waals surface area contributed by atoms with Crippen LogP contribution in [0.15, 0.2) is 22.7 Å². The van der Waals surface area contributed by atoms with Crippen LogP contribution >= 0.6 is 0 Å². The third kappa shape index (κ3) is 1.53. The highest BCUT2D eigenvalue weighted by Crippen LogP contribution is 2.79. The van der Waals surface area contributed by atoms with Gasteiger partial charge in [-0.15, -0.1) is 0 Å². The molecule has 5 aliphatic carbocycles. The second-order valence-electron chi connectivity index (χ2n) is 7.86. The number of allylic oxidation sites excluding steroid dienone is 2. The number of aliphatic hydroxyl groups excluding tert-OH is 2. The van der Waals surface area contributed by atoms with Crippen LogP contribution < -0.4 is 0 Å². The average molecular weight is 346 g/mol. The highest BCUT2D eigenvalue weighted by molar-refractivity contribution is 5.94.